The molecule has 1 unspecified atom stereocenters. The van der Waals surface area contributed by atoms with E-state index in [0.29, 0.717) is 37.0 Å². The lowest BCUT2D eigenvalue weighted by Crippen LogP contribution is -2.38. The Labute approximate surface area is 113 Å². The van der Waals surface area contributed by atoms with Crippen molar-refractivity contribution in [3.8, 4) is 6.07 Å². The van der Waals surface area contributed by atoms with Crippen LogP contribution >= 0.6 is 0 Å². The Hall–Kier alpha value is -1.80. The number of nitrogens with zero attached hydrogens (tertiary/aromatic N) is 2. The maximum absolute atomic E-state index is 12.4. The predicted molar refractivity (Wildman–Crippen MR) is 70.6 cm³/mol. The van der Waals surface area contributed by atoms with Gasteiger partial charge in [-0.2, -0.15) is 5.26 Å². The van der Waals surface area contributed by atoms with Crippen LogP contribution < -0.4 is 0 Å². The summed E-state index contributed by atoms with van der Waals surface area (Å²) in [6, 6.07) is 5.28. The van der Waals surface area contributed by atoms with E-state index < -0.39 is 0 Å². The molecule has 0 radical (unpaired) electrons. The van der Waals surface area contributed by atoms with Gasteiger partial charge in [-0.1, -0.05) is 13.8 Å². The average molecular weight is 261 g/mol. The van der Waals surface area contributed by atoms with Crippen LogP contribution in [0.4, 0.5) is 0 Å². The molecule has 1 fully saturated rings. The van der Waals surface area contributed by atoms with E-state index >= 15 is 0 Å². The molecular formula is C14H19N3O2. The molecule has 5 heteroatoms. The van der Waals surface area contributed by atoms with Gasteiger partial charge in [0.15, 0.2) is 0 Å². The van der Waals surface area contributed by atoms with Gasteiger partial charge >= 0.3 is 0 Å². The normalized spacial score (nSPS) is 20.1. The number of rotatable bonds is 2. The van der Waals surface area contributed by atoms with E-state index in [1.807, 2.05) is 11.0 Å². The van der Waals surface area contributed by atoms with Crippen LogP contribution in [0, 0.1) is 17.2 Å². The van der Waals surface area contributed by atoms with Crippen molar-refractivity contribution in [2.45, 2.75) is 26.4 Å². The van der Waals surface area contributed by atoms with Crippen LogP contribution in [0.15, 0.2) is 12.1 Å². The Bertz CT molecular complexity index is 487. The van der Waals surface area contributed by atoms with Crippen molar-refractivity contribution in [1.29, 1.82) is 5.26 Å². The van der Waals surface area contributed by atoms with Crippen LogP contribution in [0.3, 0.4) is 0 Å². The summed E-state index contributed by atoms with van der Waals surface area (Å²) in [5, 5.41) is 8.78. The minimum Gasteiger partial charge on any atom is -0.376 e. The largest absolute Gasteiger partial charge is 0.376 e. The summed E-state index contributed by atoms with van der Waals surface area (Å²) in [5.74, 6) is 0.323. The van der Waals surface area contributed by atoms with Gasteiger partial charge in [-0.15, -0.1) is 0 Å². The summed E-state index contributed by atoms with van der Waals surface area (Å²) in [5.41, 5.74) is 0.885. The molecule has 1 atom stereocenters. The number of H-pyrrole nitrogens is 1. The average Bonchev–Trinajstić information content (AvgIpc) is 2.74. The standard InChI is InChI=1S/C14H19N3O2/c1-10(2)13-9-17(6-3-7-19-13)14(18)12-5-4-11(8-15)16-12/h4-5,10,13,16H,3,6-7,9H2,1-2H3. The van der Waals surface area contributed by atoms with Crippen LogP contribution in [0.1, 0.15) is 36.5 Å². The molecule has 1 saturated heterocycles. The third-order valence-electron chi connectivity index (χ3n) is 3.37. The summed E-state index contributed by atoms with van der Waals surface area (Å²) in [4.78, 5) is 17.0. The third kappa shape index (κ3) is 3.15. The van der Waals surface area contributed by atoms with Gasteiger partial charge in [0.1, 0.15) is 17.5 Å². The van der Waals surface area contributed by atoms with Gasteiger partial charge in [0.2, 0.25) is 0 Å². The van der Waals surface area contributed by atoms with Crippen LogP contribution in [-0.4, -0.2) is 41.6 Å². The number of hydrogen-bond acceptors (Lipinski definition) is 3. The minimum atomic E-state index is -0.0577. The van der Waals surface area contributed by atoms with Gasteiger partial charge in [0.25, 0.3) is 5.91 Å². The second kappa shape index (κ2) is 5.89. The lowest BCUT2D eigenvalue weighted by atomic mass is 10.1. The number of nitriles is 1. The lowest BCUT2D eigenvalue weighted by Gasteiger charge is -2.25. The highest BCUT2D eigenvalue weighted by Gasteiger charge is 2.25. The molecule has 1 N–H and O–H groups in total. The Morgan fingerprint density at radius 2 is 2.37 bits per heavy atom. The number of aromatic amines is 1. The first-order valence-corrected chi connectivity index (χ1v) is 6.62. The first-order chi connectivity index (χ1) is 9.11. The number of carbonyl (C=O) groups is 1. The SMILES string of the molecule is CC(C)C1CN(C(=O)c2ccc(C#N)[nH]2)CCCO1. The Morgan fingerprint density at radius 3 is 3.00 bits per heavy atom. The molecule has 0 bridgehead atoms. The zero-order valence-electron chi connectivity index (χ0n) is 11.3. The number of aromatic nitrogens is 1. The van der Waals surface area contributed by atoms with E-state index in [9.17, 15) is 4.79 Å². The van der Waals surface area contributed by atoms with Gasteiger partial charge in [0.05, 0.1) is 6.10 Å². The molecule has 1 aromatic rings. The number of hydrogen-bond donors (Lipinski definition) is 1. The molecule has 1 aromatic heterocycles. The van der Waals surface area contributed by atoms with E-state index in [1.165, 1.54) is 0 Å². The van der Waals surface area contributed by atoms with Crippen LogP contribution in [0.2, 0.25) is 0 Å². The highest BCUT2D eigenvalue weighted by Crippen LogP contribution is 2.15. The Morgan fingerprint density at radius 1 is 1.58 bits per heavy atom. The van der Waals surface area contributed by atoms with Gasteiger partial charge < -0.3 is 14.6 Å². The molecule has 0 aliphatic carbocycles. The molecule has 1 aliphatic rings. The fraction of sp³-hybridized carbons (Fsp3) is 0.571. The quantitative estimate of drug-likeness (QED) is 0.882. The van der Waals surface area contributed by atoms with Crippen molar-refractivity contribution in [3.63, 3.8) is 0 Å². The molecule has 1 amide bonds. The zero-order chi connectivity index (χ0) is 13.8. The van der Waals surface area contributed by atoms with Crippen molar-refractivity contribution < 1.29 is 9.53 Å². The van der Waals surface area contributed by atoms with E-state index in [0.717, 1.165) is 6.42 Å². The molecule has 19 heavy (non-hydrogen) atoms. The number of amides is 1. The first kappa shape index (κ1) is 13.6. The second-order valence-electron chi connectivity index (χ2n) is 5.16. The highest BCUT2D eigenvalue weighted by atomic mass is 16.5. The van der Waals surface area contributed by atoms with Crippen molar-refractivity contribution in [1.82, 2.24) is 9.88 Å². The molecule has 0 saturated carbocycles. The molecular weight excluding hydrogens is 242 g/mol. The maximum atomic E-state index is 12.4. The monoisotopic (exact) mass is 261 g/mol. The van der Waals surface area contributed by atoms with Crippen molar-refractivity contribution in [2.24, 2.45) is 5.92 Å². The second-order valence-corrected chi connectivity index (χ2v) is 5.16. The lowest BCUT2D eigenvalue weighted by molar-refractivity contribution is 0.0221. The summed E-state index contributed by atoms with van der Waals surface area (Å²) in [7, 11) is 0. The zero-order valence-corrected chi connectivity index (χ0v) is 11.3. The van der Waals surface area contributed by atoms with Gasteiger partial charge in [-0.25, -0.2) is 0 Å². The summed E-state index contributed by atoms with van der Waals surface area (Å²) < 4.78 is 5.75. The van der Waals surface area contributed by atoms with E-state index in [2.05, 4.69) is 18.8 Å². The van der Waals surface area contributed by atoms with Crippen LogP contribution in [0.25, 0.3) is 0 Å². The third-order valence-corrected chi connectivity index (χ3v) is 3.37. The molecule has 2 heterocycles. The fourth-order valence-electron chi connectivity index (χ4n) is 2.19. The van der Waals surface area contributed by atoms with Crippen molar-refractivity contribution in [3.05, 3.63) is 23.5 Å². The predicted octanol–water partition coefficient (Wildman–Crippen LogP) is 1.77. The first-order valence-electron chi connectivity index (χ1n) is 6.62. The fourth-order valence-corrected chi connectivity index (χ4v) is 2.19. The van der Waals surface area contributed by atoms with Crippen LogP contribution in [-0.2, 0) is 4.74 Å². The minimum absolute atomic E-state index is 0.0577. The summed E-state index contributed by atoms with van der Waals surface area (Å²) in [6.45, 7) is 6.20. The summed E-state index contributed by atoms with van der Waals surface area (Å²) >= 11 is 0. The maximum Gasteiger partial charge on any atom is 0.270 e. The molecule has 0 aromatic carbocycles. The Balaban J connectivity index is 2.11. The summed E-state index contributed by atoms with van der Waals surface area (Å²) in [6.07, 6.45) is 0.928. The van der Waals surface area contributed by atoms with Gasteiger partial charge in [-0.3, -0.25) is 4.79 Å². The highest BCUT2D eigenvalue weighted by molar-refractivity contribution is 5.92. The smallest absolute Gasteiger partial charge is 0.270 e. The molecule has 102 valence electrons. The van der Waals surface area contributed by atoms with E-state index in [-0.39, 0.29) is 12.0 Å². The number of carbonyl (C=O) groups excluding carboxylic acids is 1. The Kier molecular flexibility index (Phi) is 4.23. The topological polar surface area (TPSA) is 69.1 Å². The molecule has 2 rings (SSSR count). The van der Waals surface area contributed by atoms with Crippen molar-refractivity contribution >= 4 is 5.91 Å². The van der Waals surface area contributed by atoms with E-state index in [4.69, 9.17) is 10.00 Å². The van der Waals surface area contributed by atoms with Crippen molar-refractivity contribution in [2.75, 3.05) is 19.7 Å². The number of nitrogens with one attached hydrogen (secondary N) is 1. The van der Waals surface area contributed by atoms with Gasteiger partial charge in [0, 0.05) is 19.7 Å². The molecule has 0 spiro atoms. The van der Waals surface area contributed by atoms with Crippen LogP contribution in [0.5, 0.6) is 0 Å². The number of ether oxygens (including phenoxy) is 1. The van der Waals surface area contributed by atoms with E-state index in [1.54, 1.807) is 12.1 Å². The van der Waals surface area contributed by atoms with Gasteiger partial charge in [-0.05, 0) is 24.5 Å². The molecule has 5 nitrogen and oxygen atoms in total. The molecule has 1 aliphatic heterocycles.